The van der Waals surface area contributed by atoms with E-state index in [4.69, 9.17) is 0 Å². The number of aliphatic hydroxyl groups excluding tert-OH is 1. The van der Waals surface area contributed by atoms with Gasteiger partial charge in [-0.1, -0.05) is 20.8 Å². The Morgan fingerprint density at radius 2 is 1.68 bits per heavy atom. The highest BCUT2D eigenvalue weighted by Gasteiger charge is 2.60. The van der Waals surface area contributed by atoms with Gasteiger partial charge in [-0.3, -0.25) is 4.79 Å². The van der Waals surface area contributed by atoms with Gasteiger partial charge in [0.2, 0.25) is 5.91 Å². The number of hydrogen-bond acceptors (Lipinski definition) is 2. The minimum Gasteiger partial charge on any atom is -0.393 e. The Balaban J connectivity index is 1.25. The molecule has 0 aromatic rings. The van der Waals surface area contributed by atoms with E-state index in [1.165, 1.54) is 57.8 Å². The van der Waals surface area contributed by atoms with Crippen molar-refractivity contribution in [2.24, 2.45) is 46.3 Å². The normalized spacial score (nSPS) is 48.1. The lowest BCUT2D eigenvalue weighted by atomic mass is 9.44. The second-order valence-electron chi connectivity index (χ2n) is 12.9. The molecule has 176 valence electrons. The van der Waals surface area contributed by atoms with Gasteiger partial charge in [-0.2, -0.15) is 0 Å². The summed E-state index contributed by atoms with van der Waals surface area (Å²) in [6.45, 7) is 9.69. The lowest BCUT2D eigenvalue weighted by molar-refractivity contribution is -0.132. The molecule has 0 radical (unpaired) electrons. The third-order valence-electron chi connectivity index (χ3n) is 11.7. The molecule has 0 bridgehead atoms. The van der Waals surface area contributed by atoms with Gasteiger partial charge in [0.05, 0.1) is 6.10 Å². The van der Waals surface area contributed by atoms with E-state index in [1.807, 2.05) is 0 Å². The van der Waals surface area contributed by atoms with Crippen molar-refractivity contribution in [1.82, 2.24) is 4.90 Å². The number of likely N-dealkylation sites (tertiary alicyclic amines) is 1. The van der Waals surface area contributed by atoms with Crippen molar-refractivity contribution in [3.63, 3.8) is 0 Å². The molecular weight excluding hydrogens is 382 g/mol. The van der Waals surface area contributed by atoms with Crippen molar-refractivity contribution in [1.29, 1.82) is 0 Å². The number of aliphatic hydroxyl groups is 1. The Morgan fingerprint density at radius 1 is 0.968 bits per heavy atom. The number of amides is 1. The first-order valence-electron chi connectivity index (χ1n) is 13.8. The third kappa shape index (κ3) is 3.69. The maximum atomic E-state index is 12.6. The Labute approximate surface area is 190 Å². The van der Waals surface area contributed by atoms with E-state index in [-0.39, 0.29) is 6.10 Å². The van der Waals surface area contributed by atoms with E-state index in [1.54, 1.807) is 0 Å². The largest absolute Gasteiger partial charge is 0.393 e. The summed E-state index contributed by atoms with van der Waals surface area (Å²) in [7, 11) is 0. The zero-order chi connectivity index (χ0) is 21.8. The molecule has 1 N–H and O–H groups in total. The van der Waals surface area contributed by atoms with Gasteiger partial charge in [0.25, 0.3) is 0 Å². The predicted molar refractivity (Wildman–Crippen MR) is 125 cm³/mol. The Hall–Kier alpha value is -0.570. The van der Waals surface area contributed by atoms with Crippen LogP contribution >= 0.6 is 0 Å². The number of rotatable bonds is 4. The summed E-state index contributed by atoms with van der Waals surface area (Å²) in [5.41, 5.74) is 0.976. The van der Waals surface area contributed by atoms with Crippen LogP contribution in [-0.4, -0.2) is 35.1 Å². The molecule has 0 aromatic carbocycles. The molecule has 5 rings (SSSR count). The van der Waals surface area contributed by atoms with Crippen molar-refractivity contribution in [2.75, 3.05) is 13.1 Å². The summed E-state index contributed by atoms with van der Waals surface area (Å²) in [6, 6.07) is 0. The lowest BCUT2D eigenvalue weighted by Crippen LogP contribution is -2.54. The summed E-state index contributed by atoms with van der Waals surface area (Å²) in [5, 5.41) is 10.3. The molecule has 0 unspecified atom stereocenters. The quantitative estimate of drug-likeness (QED) is 0.591. The van der Waals surface area contributed by atoms with Gasteiger partial charge in [-0.25, -0.2) is 0 Å². The van der Waals surface area contributed by atoms with Gasteiger partial charge in [0.15, 0.2) is 0 Å². The van der Waals surface area contributed by atoms with Crippen LogP contribution in [0.15, 0.2) is 0 Å². The van der Waals surface area contributed by atoms with Crippen LogP contribution in [0.1, 0.15) is 104 Å². The van der Waals surface area contributed by atoms with Crippen LogP contribution in [-0.2, 0) is 4.79 Å². The maximum Gasteiger partial charge on any atom is 0.222 e. The number of fused-ring (bicyclic) bond motifs is 5. The molecule has 1 saturated heterocycles. The Bertz CT molecular complexity index is 672. The first kappa shape index (κ1) is 22.2. The molecule has 0 aromatic heterocycles. The van der Waals surface area contributed by atoms with Crippen molar-refractivity contribution in [2.45, 2.75) is 110 Å². The number of carbonyl (C=O) groups is 1. The van der Waals surface area contributed by atoms with Gasteiger partial charge < -0.3 is 10.0 Å². The van der Waals surface area contributed by atoms with Gasteiger partial charge in [-0.15, -0.1) is 0 Å². The standard InChI is InChI=1S/C28H47NO2/c1-19(6-11-26(31)29-16-4-5-17-29)23-9-10-24-22-8-7-20-18-21(30)12-14-27(20,2)25(22)13-15-28(23,24)3/h19-25,30H,4-18H2,1-3H3/t19-,20-,21-,22+,23-,24+,25+,27+,28-/m1/s1. The molecule has 3 nitrogen and oxygen atoms in total. The van der Waals surface area contributed by atoms with Crippen molar-refractivity contribution < 1.29 is 9.90 Å². The summed E-state index contributed by atoms with van der Waals surface area (Å²) in [6.07, 6.45) is 16.0. The average Bonchev–Trinajstić information content (AvgIpc) is 3.40. The highest BCUT2D eigenvalue weighted by atomic mass is 16.3. The lowest BCUT2D eigenvalue weighted by Gasteiger charge is -2.61. The highest BCUT2D eigenvalue weighted by molar-refractivity contribution is 5.76. The molecule has 4 aliphatic carbocycles. The first-order valence-corrected chi connectivity index (χ1v) is 13.8. The minimum absolute atomic E-state index is 0.0385. The summed E-state index contributed by atoms with van der Waals surface area (Å²) in [5.74, 6) is 5.37. The van der Waals surface area contributed by atoms with Crippen LogP contribution in [0.4, 0.5) is 0 Å². The van der Waals surface area contributed by atoms with Crippen molar-refractivity contribution in [3.05, 3.63) is 0 Å². The summed E-state index contributed by atoms with van der Waals surface area (Å²) < 4.78 is 0. The molecule has 4 saturated carbocycles. The Kier molecular flexibility index (Phi) is 5.98. The van der Waals surface area contributed by atoms with Crippen LogP contribution in [0, 0.1) is 46.3 Å². The summed E-state index contributed by atoms with van der Waals surface area (Å²) in [4.78, 5) is 14.7. The topological polar surface area (TPSA) is 40.5 Å². The van der Waals surface area contributed by atoms with Crippen LogP contribution in [0.2, 0.25) is 0 Å². The maximum absolute atomic E-state index is 12.6. The average molecular weight is 430 g/mol. The fraction of sp³-hybridized carbons (Fsp3) is 0.964. The van der Waals surface area contributed by atoms with E-state index in [0.717, 1.165) is 68.4 Å². The molecule has 5 fully saturated rings. The number of carbonyl (C=O) groups excluding carboxylic acids is 1. The fourth-order valence-corrected chi connectivity index (χ4v) is 9.89. The second-order valence-corrected chi connectivity index (χ2v) is 12.9. The molecule has 3 heteroatoms. The molecule has 1 amide bonds. The van der Waals surface area contributed by atoms with Gasteiger partial charge in [0, 0.05) is 19.5 Å². The van der Waals surface area contributed by atoms with E-state index >= 15 is 0 Å². The van der Waals surface area contributed by atoms with E-state index in [9.17, 15) is 9.90 Å². The Morgan fingerprint density at radius 3 is 2.45 bits per heavy atom. The molecule has 31 heavy (non-hydrogen) atoms. The smallest absolute Gasteiger partial charge is 0.222 e. The van der Waals surface area contributed by atoms with E-state index in [2.05, 4.69) is 25.7 Å². The molecule has 9 atom stereocenters. The van der Waals surface area contributed by atoms with Crippen LogP contribution in [0.25, 0.3) is 0 Å². The van der Waals surface area contributed by atoms with E-state index < -0.39 is 0 Å². The van der Waals surface area contributed by atoms with Gasteiger partial charge >= 0.3 is 0 Å². The second kappa shape index (κ2) is 8.33. The molecule has 1 aliphatic heterocycles. The van der Waals surface area contributed by atoms with Crippen molar-refractivity contribution >= 4 is 5.91 Å². The monoisotopic (exact) mass is 429 g/mol. The zero-order valence-corrected chi connectivity index (χ0v) is 20.5. The molecule has 5 aliphatic rings. The van der Waals surface area contributed by atoms with E-state index in [0.29, 0.717) is 22.7 Å². The molecule has 0 spiro atoms. The minimum atomic E-state index is -0.0385. The first-order chi connectivity index (χ1) is 14.8. The zero-order valence-electron chi connectivity index (χ0n) is 20.5. The number of nitrogens with zero attached hydrogens (tertiary/aromatic N) is 1. The highest BCUT2D eigenvalue weighted by Crippen LogP contribution is 2.68. The summed E-state index contributed by atoms with van der Waals surface area (Å²) >= 11 is 0. The van der Waals surface area contributed by atoms with Gasteiger partial charge in [0.1, 0.15) is 0 Å². The van der Waals surface area contributed by atoms with Crippen LogP contribution in [0.3, 0.4) is 0 Å². The molecule has 1 heterocycles. The van der Waals surface area contributed by atoms with Gasteiger partial charge in [-0.05, 0) is 123 Å². The fourth-order valence-electron chi connectivity index (χ4n) is 9.89. The predicted octanol–water partition coefficient (Wildman–Crippen LogP) is 6.04. The van der Waals surface area contributed by atoms with Crippen molar-refractivity contribution in [3.8, 4) is 0 Å². The van der Waals surface area contributed by atoms with Crippen LogP contribution in [0.5, 0.6) is 0 Å². The third-order valence-corrected chi connectivity index (χ3v) is 11.7. The van der Waals surface area contributed by atoms with Crippen LogP contribution < -0.4 is 0 Å². The SMILES string of the molecule is C[C@H](CCC(=O)N1CCCC1)[C@H]1CC[C@H]2[C@@H]3CC[C@@H]4C[C@H](O)CC[C@]4(C)[C@H]3CC[C@]12C. The number of hydrogen-bond donors (Lipinski definition) is 1. The molecular formula is C28H47NO2.